The molecule has 0 amide bonds. The smallest absolute Gasteiger partial charge is 0.348 e. The zero-order valence-electron chi connectivity index (χ0n) is 13.6. The average Bonchev–Trinajstić information content (AvgIpc) is 2.66. The van der Waals surface area contributed by atoms with Crippen LogP contribution in [-0.4, -0.2) is 39.1 Å². The van der Waals surface area contributed by atoms with Gasteiger partial charge in [0.15, 0.2) is 0 Å². The van der Waals surface area contributed by atoms with E-state index in [1.54, 1.807) is 24.3 Å². The zero-order chi connectivity index (χ0) is 18.9. The van der Waals surface area contributed by atoms with Crippen molar-refractivity contribution in [3.05, 3.63) is 58.6 Å². The molecule has 0 fully saturated rings. The summed E-state index contributed by atoms with van der Waals surface area (Å²) in [6.07, 6.45) is -1.12. The largest absolute Gasteiger partial charge is 0.475 e. The van der Waals surface area contributed by atoms with E-state index < -0.39 is 27.0 Å². The number of nitro groups is 1. The highest BCUT2D eigenvalue weighted by Crippen LogP contribution is 2.37. The molecule has 2 aromatic carbocycles. The van der Waals surface area contributed by atoms with Crippen LogP contribution in [0.3, 0.4) is 0 Å². The van der Waals surface area contributed by atoms with Gasteiger partial charge in [-0.3, -0.25) is 14.4 Å². The van der Waals surface area contributed by atoms with E-state index in [0.29, 0.717) is 0 Å². The van der Waals surface area contributed by atoms with Gasteiger partial charge in [0.2, 0.25) is 6.10 Å². The van der Waals surface area contributed by atoms with Gasteiger partial charge in [0.1, 0.15) is 5.75 Å². The number of carbonyl (C=O) groups excluding carboxylic acids is 1. The number of carbonyl (C=O) groups is 1. The topological polar surface area (TPSA) is 116 Å². The second-order valence-corrected chi connectivity index (χ2v) is 7.25. The summed E-state index contributed by atoms with van der Waals surface area (Å²) in [5.41, 5.74) is 0.0461. The molecule has 136 valence electrons. The Balaban J connectivity index is 2.04. The van der Waals surface area contributed by atoms with Crippen molar-refractivity contribution in [3.8, 4) is 5.75 Å². The molecule has 0 unspecified atom stereocenters. The molecule has 1 aliphatic rings. The number of hydrogen-bond donors (Lipinski definition) is 0. The second kappa shape index (κ2) is 6.64. The molecule has 0 N–H and O–H groups in total. The third-order valence-corrected chi connectivity index (χ3v) is 5.63. The molecule has 1 heterocycles. The van der Waals surface area contributed by atoms with Crippen molar-refractivity contribution in [2.75, 3.05) is 18.0 Å². The Kier molecular flexibility index (Phi) is 4.51. The number of rotatable bonds is 4. The molecular weight excluding hydrogens is 364 g/mol. The summed E-state index contributed by atoms with van der Waals surface area (Å²) in [5, 5.41) is 10.8. The summed E-state index contributed by atoms with van der Waals surface area (Å²) in [4.78, 5) is 21.9. The molecule has 1 aliphatic heterocycles. The lowest BCUT2D eigenvalue weighted by Gasteiger charge is -2.34. The molecule has 2 aromatic rings. The Hall–Kier alpha value is -3.14. The number of methoxy groups -OCH3 is 1. The van der Waals surface area contributed by atoms with Crippen molar-refractivity contribution < 1.29 is 27.6 Å². The average molecular weight is 378 g/mol. The van der Waals surface area contributed by atoms with Crippen LogP contribution in [0.25, 0.3) is 0 Å². The van der Waals surface area contributed by atoms with E-state index in [9.17, 15) is 23.3 Å². The molecule has 0 radical (unpaired) electrons. The third-order valence-electron chi connectivity index (χ3n) is 3.83. The van der Waals surface area contributed by atoms with Crippen molar-refractivity contribution in [1.29, 1.82) is 0 Å². The van der Waals surface area contributed by atoms with Crippen LogP contribution in [0.4, 0.5) is 11.4 Å². The molecule has 0 aromatic heterocycles. The Morgan fingerprint density at radius 2 is 1.88 bits per heavy atom. The van der Waals surface area contributed by atoms with E-state index in [0.717, 1.165) is 28.6 Å². The van der Waals surface area contributed by atoms with E-state index in [2.05, 4.69) is 4.74 Å². The second-order valence-electron chi connectivity index (χ2n) is 5.38. The van der Waals surface area contributed by atoms with Gasteiger partial charge in [0.05, 0.1) is 29.2 Å². The van der Waals surface area contributed by atoms with Crippen molar-refractivity contribution in [2.24, 2.45) is 0 Å². The number of sulfonamides is 1. The number of esters is 1. The van der Waals surface area contributed by atoms with E-state index in [4.69, 9.17) is 4.74 Å². The van der Waals surface area contributed by atoms with Crippen LogP contribution in [0.2, 0.25) is 0 Å². The molecule has 0 aliphatic carbocycles. The van der Waals surface area contributed by atoms with Crippen molar-refractivity contribution in [1.82, 2.24) is 0 Å². The van der Waals surface area contributed by atoms with Crippen LogP contribution in [0.5, 0.6) is 5.75 Å². The van der Waals surface area contributed by atoms with Crippen LogP contribution in [-0.2, 0) is 19.6 Å². The number of non-ortho nitro benzene ring substituents is 1. The molecule has 0 saturated carbocycles. The van der Waals surface area contributed by atoms with Crippen LogP contribution in [0, 0.1) is 10.1 Å². The Bertz CT molecular complexity index is 957. The highest BCUT2D eigenvalue weighted by molar-refractivity contribution is 7.92. The molecule has 10 heteroatoms. The number of anilines is 1. The molecule has 26 heavy (non-hydrogen) atoms. The predicted molar refractivity (Wildman–Crippen MR) is 90.5 cm³/mol. The normalized spacial score (nSPS) is 16.3. The fourth-order valence-electron chi connectivity index (χ4n) is 2.55. The molecule has 1 atom stereocenters. The molecule has 0 saturated heterocycles. The van der Waals surface area contributed by atoms with Gasteiger partial charge >= 0.3 is 5.97 Å². The molecule has 3 rings (SSSR count). The third kappa shape index (κ3) is 3.06. The maximum atomic E-state index is 13.0. The maximum Gasteiger partial charge on any atom is 0.348 e. The van der Waals surface area contributed by atoms with Crippen LogP contribution < -0.4 is 9.04 Å². The minimum absolute atomic E-state index is 0.136. The summed E-state index contributed by atoms with van der Waals surface area (Å²) in [7, 11) is -2.89. The Labute approximate surface area is 149 Å². The first-order valence-electron chi connectivity index (χ1n) is 7.45. The van der Waals surface area contributed by atoms with Gasteiger partial charge in [0, 0.05) is 12.1 Å². The minimum Gasteiger partial charge on any atom is -0.475 e. The summed E-state index contributed by atoms with van der Waals surface area (Å²) in [5.74, 6) is -0.483. The SMILES string of the molecule is COC(=O)[C@@H]1CN(S(=O)(=O)c2ccc([N+](=O)[O-])cc2)c2ccccc2O1. The highest BCUT2D eigenvalue weighted by Gasteiger charge is 2.38. The lowest BCUT2D eigenvalue weighted by atomic mass is 10.2. The van der Waals surface area contributed by atoms with Gasteiger partial charge in [-0.05, 0) is 24.3 Å². The van der Waals surface area contributed by atoms with E-state index in [1.807, 2.05) is 0 Å². The number of para-hydroxylation sites is 2. The number of nitro benzene ring substituents is 1. The molecule has 0 bridgehead atoms. The van der Waals surface area contributed by atoms with Crippen LogP contribution in [0.15, 0.2) is 53.4 Å². The highest BCUT2D eigenvalue weighted by atomic mass is 32.2. The molecule has 9 nitrogen and oxygen atoms in total. The van der Waals surface area contributed by atoms with Crippen molar-refractivity contribution in [3.63, 3.8) is 0 Å². The van der Waals surface area contributed by atoms with Gasteiger partial charge in [-0.25, -0.2) is 13.2 Å². The standard InChI is InChI=1S/C16H14N2O7S/c1-24-16(19)15-10-17(13-4-2-3-5-14(13)25-15)26(22,23)12-8-6-11(7-9-12)18(20)21/h2-9,15H,10H2,1H3/t15-/m0/s1. The predicted octanol–water partition coefficient (Wildman–Crippen LogP) is 1.72. The maximum absolute atomic E-state index is 13.0. The first-order valence-corrected chi connectivity index (χ1v) is 8.89. The number of hydrogen-bond acceptors (Lipinski definition) is 7. The van der Waals surface area contributed by atoms with E-state index in [-0.39, 0.29) is 28.6 Å². The van der Waals surface area contributed by atoms with Crippen molar-refractivity contribution >= 4 is 27.4 Å². The quantitative estimate of drug-likeness (QED) is 0.452. The van der Waals surface area contributed by atoms with E-state index >= 15 is 0 Å². The number of fused-ring (bicyclic) bond motifs is 1. The first kappa shape index (κ1) is 17.7. The van der Waals surface area contributed by atoms with Crippen molar-refractivity contribution in [2.45, 2.75) is 11.0 Å². The fourth-order valence-corrected chi connectivity index (χ4v) is 4.03. The minimum atomic E-state index is -4.07. The molecule has 0 spiro atoms. The molecular formula is C16H14N2O7S. The van der Waals surface area contributed by atoms with Gasteiger partial charge < -0.3 is 9.47 Å². The lowest BCUT2D eigenvalue weighted by molar-refractivity contribution is -0.384. The summed E-state index contributed by atoms with van der Waals surface area (Å²) >= 11 is 0. The zero-order valence-corrected chi connectivity index (χ0v) is 14.4. The first-order chi connectivity index (χ1) is 12.3. The summed E-state index contributed by atoms with van der Waals surface area (Å²) in [6, 6.07) is 10.9. The Morgan fingerprint density at radius 3 is 2.50 bits per heavy atom. The number of benzene rings is 2. The Morgan fingerprint density at radius 1 is 1.23 bits per heavy atom. The van der Waals surface area contributed by atoms with Gasteiger partial charge in [-0.15, -0.1) is 0 Å². The van der Waals surface area contributed by atoms with Gasteiger partial charge in [-0.1, -0.05) is 12.1 Å². The van der Waals surface area contributed by atoms with Gasteiger partial charge in [-0.2, -0.15) is 0 Å². The van der Waals surface area contributed by atoms with E-state index in [1.165, 1.54) is 7.11 Å². The van der Waals surface area contributed by atoms with Crippen LogP contribution >= 0.6 is 0 Å². The summed E-state index contributed by atoms with van der Waals surface area (Å²) < 4.78 is 37.3. The lowest BCUT2D eigenvalue weighted by Crippen LogP contribution is -2.47. The van der Waals surface area contributed by atoms with Crippen LogP contribution in [0.1, 0.15) is 0 Å². The van der Waals surface area contributed by atoms with Gasteiger partial charge in [0.25, 0.3) is 15.7 Å². The summed E-state index contributed by atoms with van der Waals surface area (Å²) in [6.45, 7) is -0.275. The number of ether oxygens (including phenoxy) is 2. The number of nitrogens with zero attached hydrogens (tertiary/aromatic N) is 2. The monoisotopic (exact) mass is 378 g/mol. The fraction of sp³-hybridized carbons (Fsp3) is 0.188.